The first-order valence-electron chi connectivity index (χ1n) is 6.00. The van der Waals surface area contributed by atoms with E-state index in [0.29, 0.717) is 6.04 Å². The van der Waals surface area contributed by atoms with E-state index in [9.17, 15) is 0 Å². The van der Waals surface area contributed by atoms with Gasteiger partial charge < -0.3 is 5.32 Å². The molecule has 1 aromatic carbocycles. The molecule has 0 saturated carbocycles. The molecule has 0 radical (unpaired) electrons. The van der Waals surface area contributed by atoms with E-state index >= 15 is 0 Å². The van der Waals surface area contributed by atoms with Gasteiger partial charge in [0.15, 0.2) is 0 Å². The molecule has 1 atom stereocenters. The van der Waals surface area contributed by atoms with E-state index in [0.717, 1.165) is 6.54 Å². The Morgan fingerprint density at radius 3 is 2.41 bits per heavy atom. The average molecular weight is 245 g/mol. The standard InChI is InChI=1S/C15H19NS/c1-11-4-6-14(7-5-11)13(3)16-10-15-12(2)8-9-17-15/h4-9,13,16H,10H2,1-3H3. The van der Waals surface area contributed by atoms with E-state index < -0.39 is 0 Å². The smallest absolute Gasteiger partial charge is 0.0308 e. The molecule has 0 spiro atoms. The Bertz CT molecular complexity index is 470. The number of hydrogen-bond acceptors (Lipinski definition) is 2. The molecule has 1 nitrogen and oxygen atoms in total. The second-order valence-corrected chi connectivity index (χ2v) is 5.54. The highest BCUT2D eigenvalue weighted by atomic mass is 32.1. The minimum atomic E-state index is 0.400. The Morgan fingerprint density at radius 1 is 1.12 bits per heavy atom. The largest absolute Gasteiger partial charge is 0.305 e. The van der Waals surface area contributed by atoms with Crippen LogP contribution in [0.3, 0.4) is 0 Å². The van der Waals surface area contributed by atoms with Crippen LogP contribution in [0.5, 0.6) is 0 Å². The van der Waals surface area contributed by atoms with Gasteiger partial charge in [0.1, 0.15) is 0 Å². The fourth-order valence-electron chi connectivity index (χ4n) is 1.80. The second-order valence-electron chi connectivity index (χ2n) is 4.54. The highest BCUT2D eigenvalue weighted by molar-refractivity contribution is 7.10. The van der Waals surface area contributed by atoms with Crippen molar-refractivity contribution in [2.24, 2.45) is 0 Å². The summed E-state index contributed by atoms with van der Waals surface area (Å²) in [5, 5.41) is 5.73. The maximum atomic E-state index is 3.57. The van der Waals surface area contributed by atoms with Crippen LogP contribution in [0.2, 0.25) is 0 Å². The van der Waals surface area contributed by atoms with Gasteiger partial charge in [-0.1, -0.05) is 29.8 Å². The Kier molecular flexibility index (Phi) is 3.97. The van der Waals surface area contributed by atoms with Crippen molar-refractivity contribution in [2.45, 2.75) is 33.4 Å². The van der Waals surface area contributed by atoms with Crippen molar-refractivity contribution >= 4 is 11.3 Å². The molecular weight excluding hydrogens is 226 g/mol. The molecular formula is C15H19NS. The van der Waals surface area contributed by atoms with Crippen molar-refractivity contribution in [3.63, 3.8) is 0 Å². The first kappa shape index (κ1) is 12.3. The van der Waals surface area contributed by atoms with Crippen LogP contribution in [0, 0.1) is 13.8 Å². The van der Waals surface area contributed by atoms with Crippen molar-refractivity contribution in [3.05, 3.63) is 57.3 Å². The van der Waals surface area contributed by atoms with E-state index in [1.165, 1.54) is 21.6 Å². The monoisotopic (exact) mass is 245 g/mol. The van der Waals surface area contributed by atoms with Gasteiger partial charge >= 0.3 is 0 Å². The van der Waals surface area contributed by atoms with Crippen LogP contribution in [-0.4, -0.2) is 0 Å². The Morgan fingerprint density at radius 2 is 1.82 bits per heavy atom. The minimum Gasteiger partial charge on any atom is -0.305 e. The fourth-order valence-corrected chi connectivity index (χ4v) is 2.66. The third kappa shape index (κ3) is 3.18. The van der Waals surface area contributed by atoms with Crippen molar-refractivity contribution in [1.82, 2.24) is 5.32 Å². The fraction of sp³-hybridized carbons (Fsp3) is 0.333. The molecule has 1 aromatic heterocycles. The molecule has 0 aliphatic carbocycles. The third-order valence-electron chi connectivity index (χ3n) is 3.11. The lowest BCUT2D eigenvalue weighted by atomic mass is 10.1. The van der Waals surface area contributed by atoms with Gasteiger partial charge in [-0.25, -0.2) is 0 Å². The molecule has 0 aliphatic rings. The predicted molar refractivity (Wildman–Crippen MR) is 75.5 cm³/mol. The van der Waals surface area contributed by atoms with Gasteiger partial charge in [-0.3, -0.25) is 0 Å². The van der Waals surface area contributed by atoms with Gasteiger partial charge in [0.2, 0.25) is 0 Å². The van der Waals surface area contributed by atoms with Crippen LogP contribution < -0.4 is 5.32 Å². The molecule has 0 amide bonds. The Labute approximate surface area is 108 Å². The van der Waals surface area contributed by atoms with Crippen LogP contribution >= 0.6 is 11.3 Å². The summed E-state index contributed by atoms with van der Waals surface area (Å²) in [5.74, 6) is 0. The lowest BCUT2D eigenvalue weighted by molar-refractivity contribution is 0.578. The quantitative estimate of drug-likeness (QED) is 0.850. The molecule has 0 bridgehead atoms. The third-order valence-corrected chi connectivity index (χ3v) is 4.14. The summed E-state index contributed by atoms with van der Waals surface area (Å²) in [6, 6.07) is 11.3. The van der Waals surface area contributed by atoms with Gasteiger partial charge in [0.05, 0.1) is 0 Å². The number of nitrogens with one attached hydrogen (secondary N) is 1. The lowest BCUT2D eigenvalue weighted by Crippen LogP contribution is -2.17. The van der Waals surface area contributed by atoms with Gasteiger partial charge in [0.25, 0.3) is 0 Å². The van der Waals surface area contributed by atoms with Crippen molar-refractivity contribution in [3.8, 4) is 0 Å². The molecule has 0 aliphatic heterocycles. The van der Waals surface area contributed by atoms with Crippen LogP contribution in [0.4, 0.5) is 0 Å². The van der Waals surface area contributed by atoms with Crippen molar-refractivity contribution < 1.29 is 0 Å². The van der Waals surface area contributed by atoms with Gasteiger partial charge in [-0.2, -0.15) is 0 Å². The Balaban J connectivity index is 1.95. The summed E-state index contributed by atoms with van der Waals surface area (Å²) in [7, 11) is 0. The second kappa shape index (κ2) is 5.48. The molecule has 2 heteroatoms. The average Bonchev–Trinajstić information content (AvgIpc) is 2.73. The van der Waals surface area contributed by atoms with E-state index in [-0.39, 0.29) is 0 Å². The predicted octanol–water partition coefficient (Wildman–Crippen LogP) is 4.22. The summed E-state index contributed by atoms with van der Waals surface area (Å²) in [5.41, 5.74) is 4.05. The maximum absolute atomic E-state index is 3.57. The molecule has 1 unspecified atom stereocenters. The molecule has 0 fully saturated rings. The van der Waals surface area contributed by atoms with Gasteiger partial charge in [0, 0.05) is 17.5 Å². The molecule has 17 heavy (non-hydrogen) atoms. The summed E-state index contributed by atoms with van der Waals surface area (Å²) in [6.07, 6.45) is 0. The van der Waals surface area contributed by atoms with E-state index in [4.69, 9.17) is 0 Å². The van der Waals surface area contributed by atoms with Crippen LogP contribution in [0.15, 0.2) is 35.7 Å². The lowest BCUT2D eigenvalue weighted by Gasteiger charge is -2.14. The Hall–Kier alpha value is -1.12. The molecule has 2 aromatic rings. The van der Waals surface area contributed by atoms with E-state index in [2.05, 4.69) is 61.8 Å². The van der Waals surface area contributed by atoms with Crippen LogP contribution in [0.25, 0.3) is 0 Å². The number of aryl methyl sites for hydroxylation is 2. The zero-order valence-corrected chi connectivity index (χ0v) is 11.5. The highest BCUT2D eigenvalue weighted by Crippen LogP contribution is 2.18. The number of rotatable bonds is 4. The number of hydrogen-bond donors (Lipinski definition) is 1. The van der Waals surface area contributed by atoms with Gasteiger partial charge in [-0.15, -0.1) is 11.3 Å². The first-order valence-corrected chi connectivity index (χ1v) is 6.87. The normalized spacial score (nSPS) is 12.6. The first-order chi connectivity index (χ1) is 8.16. The van der Waals surface area contributed by atoms with E-state index in [1.54, 1.807) is 0 Å². The molecule has 1 N–H and O–H groups in total. The number of thiophene rings is 1. The highest BCUT2D eigenvalue weighted by Gasteiger charge is 2.06. The molecule has 2 rings (SSSR count). The molecule has 90 valence electrons. The SMILES string of the molecule is Cc1ccc(C(C)NCc2sccc2C)cc1. The van der Waals surface area contributed by atoms with Crippen molar-refractivity contribution in [1.29, 1.82) is 0 Å². The topological polar surface area (TPSA) is 12.0 Å². The molecule has 1 heterocycles. The maximum Gasteiger partial charge on any atom is 0.0308 e. The summed E-state index contributed by atoms with van der Waals surface area (Å²) >= 11 is 1.83. The van der Waals surface area contributed by atoms with Crippen LogP contribution in [0.1, 0.15) is 34.5 Å². The summed E-state index contributed by atoms with van der Waals surface area (Å²) in [4.78, 5) is 1.43. The molecule has 0 saturated heterocycles. The van der Waals surface area contributed by atoms with Crippen molar-refractivity contribution in [2.75, 3.05) is 0 Å². The van der Waals surface area contributed by atoms with Crippen LogP contribution in [-0.2, 0) is 6.54 Å². The number of benzene rings is 1. The summed E-state index contributed by atoms with van der Waals surface area (Å²) in [6.45, 7) is 7.47. The van der Waals surface area contributed by atoms with Gasteiger partial charge in [-0.05, 0) is 43.3 Å². The zero-order valence-electron chi connectivity index (χ0n) is 10.7. The zero-order chi connectivity index (χ0) is 12.3. The minimum absolute atomic E-state index is 0.400. The van der Waals surface area contributed by atoms with E-state index in [1.807, 2.05) is 11.3 Å². The summed E-state index contributed by atoms with van der Waals surface area (Å²) < 4.78 is 0.